The number of rotatable bonds is 6. The Balaban J connectivity index is 1.85. The summed E-state index contributed by atoms with van der Waals surface area (Å²) < 4.78 is 6.24. The van der Waals surface area contributed by atoms with E-state index in [-0.39, 0.29) is 17.0 Å². The normalized spacial score (nSPS) is 12.2. The summed E-state index contributed by atoms with van der Waals surface area (Å²) >= 11 is 0. The number of aryl methyl sites for hydroxylation is 1. The molecular weight excluding hydrogens is 432 g/mol. The SMILES string of the molecule is CN=Cc1cc(-c2cc(=O)c3cc(C)cc(C(C)Nc4ccccc4C(=O)O)c3o2)cnc1N. The lowest BCUT2D eigenvalue weighted by Gasteiger charge is -2.19. The van der Waals surface area contributed by atoms with E-state index < -0.39 is 5.97 Å². The molecule has 0 aliphatic rings. The zero-order valence-electron chi connectivity index (χ0n) is 19.0. The molecule has 1 atom stereocenters. The number of nitrogen functional groups attached to an aromatic ring is 1. The highest BCUT2D eigenvalue weighted by Crippen LogP contribution is 2.31. The first-order valence-corrected chi connectivity index (χ1v) is 10.6. The molecular formula is C26H24N4O4. The highest BCUT2D eigenvalue weighted by molar-refractivity contribution is 5.94. The van der Waals surface area contributed by atoms with Crippen LogP contribution < -0.4 is 16.5 Å². The van der Waals surface area contributed by atoms with Crippen molar-refractivity contribution in [1.82, 2.24) is 4.98 Å². The number of hydrogen-bond acceptors (Lipinski definition) is 7. The second kappa shape index (κ2) is 9.19. The standard InChI is InChI=1S/C26H24N4O4/c1-14-8-19(15(2)30-21-7-5-4-6-18(21)26(32)33)24-20(9-14)22(31)11-23(34-24)16-10-17(12-28-3)25(27)29-13-16/h4-13,15,30H,1-3H3,(H2,27,29)(H,32,33). The Morgan fingerprint density at radius 1 is 1.24 bits per heavy atom. The smallest absolute Gasteiger partial charge is 0.337 e. The van der Waals surface area contributed by atoms with Crippen LogP contribution in [0.5, 0.6) is 0 Å². The van der Waals surface area contributed by atoms with Gasteiger partial charge in [-0.25, -0.2) is 9.78 Å². The molecule has 1 unspecified atom stereocenters. The number of benzene rings is 2. The van der Waals surface area contributed by atoms with Gasteiger partial charge in [-0.1, -0.05) is 18.2 Å². The van der Waals surface area contributed by atoms with Crippen LogP contribution in [0.15, 0.2) is 68.9 Å². The molecule has 0 amide bonds. The lowest BCUT2D eigenvalue weighted by molar-refractivity contribution is 0.0698. The van der Waals surface area contributed by atoms with Gasteiger partial charge in [0, 0.05) is 47.9 Å². The Morgan fingerprint density at radius 2 is 2.00 bits per heavy atom. The first-order valence-electron chi connectivity index (χ1n) is 10.6. The molecule has 2 heterocycles. The number of nitrogens with zero attached hydrogens (tertiary/aromatic N) is 2. The van der Waals surface area contributed by atoms with Crippen LogP contribution in [0.1, 0.15) is 40.0 Å². The highest BCUT2D eigenvalue weighted by atomic mass is 16.4. The van der Waals surface area contributed by atoms with Crippen LogP contribution in [-0.4, -0.2) is 29.3 Å². The third-order valence-electron chi connectivity index (χ3n) is 5.50. The van der Waals surface area contributed by atoms with Crippen LogP contribution in [0.2, 0.25) is 0 Å². The maximum Gasteiger partial charge on any atom is 0.337 e. The molecule has 0 saturated carbocycles. The van der Waals surface area contributed by atoms with E-state index in [0.29, 0.717) is 39.4 Å². The van der Waals surface area contributed by atoms with E-state index in [4.69, 9.17) is 10.2 Å². The molecule has 0 radical (unpaired) electrons. The molecule has 0 saturated heterocycles. The summed E-state index contributed by atoms with van der Waals surface area (Å²) in [6.07, 6.45) is 3.14. The van der Waals surface area contributed by atoms with Gasteiger partial charge in [0.05, 0.1) is 17.0 Å². The fraction of sp³-hybridized carbons (Fsp3) is 0.154. The third-order valence-corrected chi connectivity index (χ3v) is 5.50. The summed E-state index contributed by atoms with van der Waals surface area (Å²) in [4.78, 5) is 32.9. The van der Waals surface area contributed by atoms with Gasteiger partial charge in [-0.2, -0.15) is 0 Å². The second-order valence-corrected chi connectivity index (χ2v) is 8.01. The van der Waals surface area contributed by atoms with E-state index in [1.807, 2.05) is 19.9 Å². The van der Waals surface area contributed by atoms with Gasteiger partial charge in [-0.3, -0.25) is 9.79 Å². The first-order chi connectivity index (χ1) is 16.3. The molecule has 34 heavy (non-hydrogen) atoms. The first kappa shape index (κ1) is 22.7. The van der Waals surface area contributed by atoms with E-state index in [1.165, 1.54) is 12.1 Å². The number of carboxylic acid groups (broad SMARTS) is 1. The van der Waals surface area contributed by atoms with Crippen LogP contribution in [0.25, 0.3) is 22.3 Å². The van der Waals surface area contributed by atoms with Crippen LogP contribution in [-0.2, 0) is 0 Å². The summed E-state index contributed by atoms with van der Waals surface area (Å²) in [7, 11) is 1.63. The molecule has 0 aliphatic heterocycles. The molecule has 2 aromatic heterocycles. The van der Waals surface area contributed by atoms with Gasteiger partial charge in [-0.15, -0.1) is 0 Å². The van der Waals surface area contributed by atoms with Gasteiger partial charge in [0.1, 0.15) is 17.2 Å². The van der Waals surface area contributed by atoms with Gasteiger partial charge in [0.15, 0.2) is 5.43 Å². The molecule has 4 N–H and O–H groups in total. The van der Waals surface area contributed by atoms with Crippen molar-refractivity contribution in [3.05, 3.63) is 87.2 Å². The van der Waals surface area contributed by atoms with E-state index in [2.05, 4.69) is 15.3 Å². The lowest BCUT2D eigenvalue weighted by atomic mass is 10.00. The summed E-state index contributed by atoms with van der Waals surface area (Å²) in [6.45, 7) is 3.79. The van der Waals surface area contributed by atoms with Crippen molar-refractivity contribution in [2.45, 2.75) is 19.9 Å². The summed E-state index contributed by atoms with van der Waals surface area (Å²) in [5.41, 5.74) is 9.60. The van der Waals surface area contributed by atoms with Gasteiger partial charge >= 0.3 is 5.97 Å². The topological polar surface area (TPSA) is 131 Å². The molecule has 2 aromatic carbocycles. The molecule has 0 fully saturated rings. The van der Waals surface area contributed by atoms with Crippen molar-refractivity contribution in [3.8, 4) is 11.3 Å². The van der Waals surface area contributed by atoms with Crippen LogP contribution in [0, 0.1) is 6.92 Å². The number of carbonyl (C=O) groups is 1. The maximum atomic E-state index is 13.0. The Labute approximate surface area is 195 Å². The molecule has 8 heteroatoms. The summed E-state index contributed by atoms with van der Waals surface area (Å²) in [6, 6.07) is 13.2. The number of aromatic nitrogens is 1. The average molecular weight is 457 g/mol. The number of carboxylic acids is 1. The Kier molecular flexibility index (Phi) is 6.14. The molecule has 172 valence electrons. The third kappa shape index (κ3) is 4.38. The van der Waals surface area contributed by atoms with Gasteiger partial charge in [0.2, 0.25) is 0 Å². The number of nitrogens with two attached hydrogens (primary N) is 1. The number of fused-ring (bicyclic) bond motifs is 1. The largest absolute Gasteiger partial charge is 0.478 e. The number of anilines is 2. The monoisotopic (exact) mass is 456 g/mol. The molecule has 0 aliphatic carbocycles. The molecule has 4 aromatic rings. The fourth-order valence-electron chi connectivity index (χ4n) is 3.87. The van der Waals surface area contributed by atoms with Gasteiger partial charge in [-0.05, 0) is 43.7 Å². The maximum absolute atomic E-state index is 13.0. The summed E-state index contributed by atoms with van der Waals surface area (Å²) in [5.74, 6) is -0.358. The molecule has 0 spiro atoms. The second-order valence-electron chi connectivity index (χ2n) is 8.01. The molecule has 0 bridgehead atoms. The highest BCUT2D eigenvalue weighted by Gasteiger charge is 2.18. The van der Waals surface area contributed by atoms with Crippen molar-refractivity contribution in [2.24, 2.45) is 4.99 Å². The van der Waals surface area contributed by atoms with E-state index >= 15 is 0 Å². The predicted molar refractivity (Wildman–Crippen MR) is 134 cm³/mol. The van der Waals surface area contributed by atoms with E-state index in [1.54, 1.807) is 49.8 Å². The van der Waals surface area contributed by atoms with Crippen LogP contribution in [0.4, 0.5) is 11.5 Å². The average Bonchev–Trinajstić information content (AvgIpc) is 2.80. The van der Waals surface area contributed by atoms with Crippen molar-refractivity contribution in [3.63, 3.8) is 0 Å². The summed E-state index contributed by atoms with van der Waals surface area (Å²) in [5, 5.41) is 13.2. The number of nitrogens with one attached hydrogen (secondary N) is 1. The number of hydrogen-bond donors (Lipinski definition) is 3. The predicted octanol–water partition coefficient (Wildman–Crippen LogP) is 4.67. The Bertz CT molecular complexity index is 1490. The minimum atomic E-state index is -1.03. The van der Waals surface area contributed by atoms with Crippen molar-refractivity contribution < 1.29 is 14.3 Å². The van der Waals surface area contributed by atoms with E-state index in [9.17, 15) is 14.7 Å². The zero-order valence-corrected chi connectivity index (χ0v) is 19.0. The van der Waals surface area contributed by atoms with Crippen LogP contribution in [0.3, 0.4) is 0 Å². The van der Waals surface area contributed by atoms with Crippen molar-refractivity contribution >= 4 is 34.7 Å². The number of aliphatic imine (C=N–C) groups is 1. The number of para-hydroxylation sites is 1. The van der Waals surface area contributed by atoms with E-state index in [0.717, 1.165) is 11.1 Å². The van der Waals surface area contributed by atoms with Gasteiger partial charge < -0.3 is 20.6 Å². The lowest BCUT2D eigenvalue weighted by Crippen LogP contribution is -2.12. The minimum Gasteiger partial charge on any atom is -0.478 e. The van der Waals surface area contributed by atoms with Crippen molar-refractivity contribution in [2.75, 3.05) is 18.1 Å². The number of pyridine rings is 1. The number of aromatic carboxylic acids is 1. The zero-order chi connectivity index (χ0) is 24.4. The Morgan fingerprint density at radius 3 is 2.74 bits per heavy atom. The van der Waals surface area contributed by atoms with Gasteiger partial charge in [0.25, 0.3) is 0 Å². The molecule has 8 nitrogen and oxygen atoms in total. The van der Waals surface area contributed by atoms with Crippen LogP contribution >= 0.6 is 0 Å². The van der Waals surface area contributed by atoms with Crippen molar-refractivity contribution in [1.29, 1.82) is 0 Å². The molecule has 4 rings (SSSR count). The Hall–Kier alpha value is -4.46. The quantitative estimate of drug-likeness (QED) is 0.359. The minimum absolute atomic E-state index is 0.159. The fourth-order valence-corrected chi connectivity index (χ4v) is 3.87.